The van der Waals surface area contributed by atoms with E-state index in [1.54, 1.807) is 10.9 Å². The lowest BCUT2D eigenvalue weighted by Crippen LogP contribution is -2.44. The molecule has 1 amide bonds. The molecular formula is C21H26ClN3O3. The minimum absolute atomic E-state index is 0.105. The van der Waals surface area contributed by atoms with Crippen LogP contribution in [-0.4, -0.2) is 45.6 Å². The number of aromatic nitrogens is 2. The van der Waals surface area contributed by atoms with Crippen LogP contribution >= 0.6 is 11.6 Å². The van der Waals surface area contributed by atoms with E-state index in [9.17, 15) is 4.79 Å². The van der Waals surface area contributed by atoms with Gasteiger partial charge in [0, 0.05) is 19.8 Å². The summed E-state index contributed by atoms with van der Waals surface area (Å²) in [5.41, 5.74) is 1.32. The summed E-state index contributed by atoms with van der Waals surface area (Å²) in [5, 5.41) is 4.99. The number of hydrogen-bond acceptors (Lipinski definition) is 4. The SMILES string of the molecule is Cn1cc(Cl)c(CN(C[C@H]2COC(C)(C)O2)C(=O)C2(c3ccccc3)CC2)n1. The molecule has 1 aliphatic carbocycles. The minimum Gasteiger partial charge on any atom is -0.348 e. The Morgan fingerprint density at radius 1 is 1.32 bits per heavy atom. The minimum atomic E-state index is -0.626. The van der Waals surface area contributed by atoms with Gasteiger partial charge in [-0.3, -0.25) is 9.48 Å². The third-order valence-corrected chi connectivity index (χ3v) is 5.77. The van der Waals surface area contributed by atoms with Gasteiger partial charge in [-0.2, -0.15) is 5.10 Å². The van der Waals surface area contributed by atoms with Gasteiger partial charge in [-0.05, 0) is 32.3 Å². The van der Waals surface area contributed by atoms with Crippen LogP contribution in [0.1, 0.15) is 37.9 Å². The third kappa shape index (κ3) is 3.81. The second kappa shape index (κ2) is 7.17. The van der Waals surface area contributed by atoms with Crippen molar-refractivity contribution in [1.29, 1.82) is 0 Å². The zero-order valence-corrected chi connectivity index (χ0v) is 17.3. The number of nitrogens with zero attached hydrogens (tertiary/aromatic N) is 3. The largest absolute Gasteiger partial charge is 0.348 e. The van der Waals surface area contributed by atoms with E-state index in [0.29, 0.717) is 30.4 Å². The summed E-state index contributed by atoms with van der Waals surface area (Å²) in [7, 11) is 1.82. The molecule has 1 saturated carbocycles. The van der Waals surface area contributed by atoms with Crippen LogP contribution < -0.4 is 0 Å². The quantitative estimate of drug-likeness (QED) is 0.742. The van der Waals surface area contributed by atoms with E-state index in [4.69, 9.17) is 21.1 Å². The lowest BCUT2D eigenvalue weighted by atomic mass is 9.94. The second-order valence-electron chi connectivity index (χ2n) is 8.18. The molecule has 28 heavy (non-hydrogen) atoms. The Labute approximate surface area is 170 Å². The fraction of sp³-hybridized carbons (Fsp3) is 0.524. The van der Waals surface area contributed by atoms with Crippen LogP contribution in [0.3, 0.4) is 0 Å². The number of rotatable bonds is 6. The molecule has 150 valence electrons. The van der Waals surface area contributed by atoms with Crippen molar-refractivity contribution in [3.63, 3.8) is 0 Å². The van der Waals surface area contributed by atoms with Crippen LogP contribution in [0.25, 0.3) is 0 Å². The van der Waals surface area contributed by atoms with Gasteiger partial charge in [-0.1, -0.05) is 41.9 Å². The standard InChI is InChI=1S/C21H26ClN3O3/c1-20(2)27-14-16(28-20)11-25(13-18-17(22)12-24(3)23-18)19(26)21(9-10-21)15-7-5-4-6-8-15/h4-8,12,16H,9-11,13-14H2,1-3H3/t16-/m0/s1. The highest BCUT2D eigenvalue weighted by atomic mass is 35.5. The number of halogens is 1. The highest BCUT2D eigenvalue weighted by Crippen LogP contribution is 2.50. The monoisotopic (exact) mass is 403 g/mol. The predicted octanol–water partition coefficient (Wildman–Crippen LogP) is 3.29. The van der Waals surface area contributed by atoms with Gasteiger partial charge in [-0.15, -0.1) is 0 Å². The maximum absolute atomic E-state index is 13.7. The van der Waals surface area contributed by atoms with Gasteiger partial charge in [0.2, 0.25) is 5.91 Å². The molecule has 2 heterocycles. The van der Waals surface area contributed by atoms with E-state index in [1.807, 2.05) is 56.1 Å². The molecule has 0 unspecified atom stereocenters. The molecule has 2 fully saturated rings. The Kier molecular flexibility index (Phi) is 4.98. The maximum Gasteiger partial charge on any atom is 0.233 e. The summed E-state index contributed by atoms with van der Waals surface area (Å²) in [6, 6.07) is 10.0. The van der Waals surface area contributed by atoms with Crippen LogP contribution in [-0.2, 0) is 33.3 Å². The van der Waals surface area contributed by atoms with Crippen LogP contribution in [0, 0.1) is 0 Å². The fourth-order valence-electron chi connectivity index (χ4n) is 3.92. The normalized spacial score (nSPS) is 22.2. The van der Waals surface area contributed by atoms with E-state index in [2.05, 4.69) is 5.10 Å². The zero-order chi connectivity index (χ0) is 19.9. The van der Waals surface area contributed by atoms with Crippen molar-refractivity contribution >= 4 is 17.5 Å². The molecule has 1 aromatic carbocycles. The molecule has 1 saturated heterocycles. The van der Waals surface area contributed by atoms with Crippen LogP contribution in [0.5, 0.6) is 0 Å². The Bertz CT molecular complexity index is 861. The van der Waals surface area contributed by atoms with E-state index < -0.39 is 11.2 Å². The molecular weight excluding hydrogens is 378 g/mol. The number of ether oxygens (including phenoxy) is 2. The van der Waals surface area contributed by atoms with Crippen molar-refractivity contribution in [3.05, 3.63) is 52.8 Å². The van der Waals surface area contributed by atoms with Gasteiger partial charge >= 0.3 is 0 Å². The average Bonchev–Trinajstić information content (AvgIpc) is 3.31. The molecule has 6 nitrogen and oxygen atoms in total. The van der Waals surface area contributed by atoms with Gasteiger partial charge in [0.25, 0.3) is 0 Å². The van der Waals surface area contributed by atoms with Crippen molar-refractivity contribution in [2.24, 2.45) is 7.05 Å². The first-order valence-electron chi connectivity index (χ1n) is 9.64. The Morgan fingerprint density at radius 2 is 2.04 bits per heavy atom. The molecule has 0 bridgehead atoms. The molecule has 0 spiro atoms. The van der Waals surface area contributed by atoms with Gasteiger partial charge in [0.1, 0.15) is 11.8 Å². The number of amides is 1. The summed E-state index contributed by atoms with van der Waals surface area (Å²) in [6.45, 7) is 5.05. The van der Waals surface area contributed by atoms with Crippen molar-refractivity contribution in [3.8, 4) is 0 Å². The average molecular weight is 404 g/mol. The van der Waals surface area contributed by atoms with Gasteiger partial charge < -0.3 is 14.4 Å². The molecule has 0 radical (unpaired) electrons. The highest BCUT2D eigenvalue weighted by Gasteiger charge is 2.53. The van der Waals surface area contributed by atoms with E-state index in [1.165, 1.54) is 0 Å². The molecule has 1 aliphatic heterocycles. The van der Waals surface area contributed by atoms with Crippen molar-refractivity contribution in [2.45, 2.75) is 50.5 Å². The number of carbonyl (C=O) groups is 1. The number of benzene rings is 1. The molecule has 1 atom stereocenters. The van der Waals surface area contributed by atoms with Gasteiger partial charge in [0.15, 0.2) is 5.79 Å². The van der Waals surface area contributed by atoms with Crippen molar-refractivity contribution < 1.29 is 14.3 Å². The first kappa shape index (κ1) is 19.4. The Hall–Kier alpha value is -1.89. The third-order valence-electron chi connectivity index (χ3n) is 5.46. The van der Waals surface area contributed by atoms with Gasteiger partial charge in [0.05, 0.1) is 23.6 Å². The lowest BCUT2D eigenvalue weighted by Gasteiger charge is -2.29. The second-order valence-corrected chi connectivity index (χ2v) is 8.59. The number of aryl methyl sites for hydroxylation is 1. The molecule has 2 aliphatic rings. The fourth-order valence-corrected chi connectivity index (χ4v) is 4.16. The van der Waals surface area contributed by atoms with Crippen molar-refractivity contribution in [1.82, 2.24) is 14.7 Å². The first-order valence-corrected chi connectivity index (χ1v) is 10.0. The topological polar surface area (TPSA) is 56.6 Å². The molecule has 7 heteroatoms. The van der Waals surface area contributed by atoms with Crippen LogP contribution in [0.2, 0.25) is 5.02 Å². The lowest BCUT2D eigenvalue weighted by molar-refractivity contribution is -0.148. The number of hydrogen-bond donors (Lipinski definition) is 0. The van der Waals surface area contributed by atoms with Crippen LogP contribution in [0.15, 0.2) is 36.5 Å². The summed E-state index contributed by atoms with van der Waals surface area (Å²) < 4.78 is 13.3. The zero-order valence-electron chi connectivity index (χ0n) is 16.5. The highest BCUT2D eigenvalue weighted by molar-refractivity contribution is 6.31. The molecule has 2 aromatic rings. The summed E-state index contributed by atoms with van der Waals surface area (Å²) in [5.74, 6) is -0.521. The Balaban J connectivity index is 1.59. The maximum atomic E-state index is 13.7. The summed E-state index contributed by atoms with van der Waals surface area (Å²) in [6.07, 6.45) is 3.29. The van der Waals surface area contributed by atoms with Crippen molar-refractivity contribution in [2.75, 3.05) is 13.2 Å². The summed E-state index contributed by atoms with van der Waals surface area (Å²) >= 11 is 6.33. The molecule has 0 N–H and O–H groups in total. The van der Waals surface area contributed by atoms with E-state index in [0.717, 1.165) is 18.4 Å². The van der Waals surface area contributed by atoms with Gasteiger partial charge in [-0.25, -0.2) is 0 Å². The predicted molar refractivity (Wildman–Crippen MR) is 106 cm³/mol. The summed E-state index contributed by atoms with van der Waals surface area (Å²) in [4.78, 5) is 15.5. The smallest absolute Gasteiger partial charge is 0.233 e. The van der Waals surface area contributed by atoms with Crippen LogP contribution in [0.4, 0.5) is 0 Å². The Morgan fingerprint density at radius 3 is 2.57 bits per heavy atom. The molecule has 1 aromatic heterocycles. The molecule has 4 rings (SSSR count). The first-order chi connectivity index (χ1) is 13.3. The number of carbonyl (C=O) groups excluding carboxylic acids is 1. The van der Waals surface area contributed by atoms with E-state index in [-0.39, 0.29) is 12.0 Å². The van der Waals surface area contributed by atoms with E-state index >= 15 is 0 Å².